The summed E-state index contributed by atoms with van der Waals surface area (Å²) in [7, 11) is -3.34. The van der Waals surface area contributed by atoms with Crippen molar-refractivity contribution in [2.45, 2.75) is 23.5 Å². The Hall–Kier alpha value is -1.56. The first-order chi connectivity index (χ1) is 9.05. The van der Waals surface area contributed by atoms with Gasteiger partial charge >= 0.3 is 6.03 Å². The zero-order valence-electron chi connectivity index (χ0n) is 10.9. The van der Waals surface area contributed by atoms with Crippen LogP contribution in [0, 0.1) is 0 Å². The van der Waals surface area contributed by atoms with Gasteiger partial charge in [-0.3, -0.25) is 0 Å². The monoisotopic (exact) mass is 282 g/mol. The molecule has 0 radical (unpaired) electrons. The van der Waals surface area contributed by atoms with Crippen molar-refractivity contribution in [3.8, 4) is 0 Å². The minimum Gasteiger partial charge on any atom is -0.338 e. The predicted octanol–water partition coefficient (Wildman–Crippen LogP) is 1.26. The minimum absolute atomic E-state index is 0.187. The highest BCUT2D eigenvalue weighted by Gasteiger charge is 2.35. The van der Waals surface area contributed by atoms with Crippen molar-refractivity contribution in [3.05, 3.63) is 30.3 Å². The molecule has 1 N–H and O–H groups in total. The molecule has 0 bridgehead atoms. The maximum atomic E-state index is 12.4. The predicted molar refractivity (Wildman–Crippen MR) is 72.7 cm³/mol. The van der Waals surface area contributed by atoms with Crippen LogP contribution < -0.4 is 5.32 Å². The Morgan fingerprint density at radius 3 is 2.68 bits per heavy atom. The number of nitrogens with one attached hydrogen (secondary N) is 1. The number of benzene rings is 1. The van der Waals surface area contributed by atoms with E-state index in [9.17, 15) is 13.2 Å². The summed E-state index contributed by atoms with van der Waals surface area (Å²) in [5.74, 6) is 0. The molecule has 0 aliphatic carbocycles. The van der Waals surface area contributed by atoms with Crippen molar-refractivity contribution >= 4 is 15.9 Å². The van der Waals surface area contributed by atoms with Gasteiger partial charge in [-0.05, 0) is 25.5 Å². The number of urea groups is 1. The van der Waals surface area contributed by atoms with E-state index in [-0.39, 0.29) is 12.6 Å². The molecule has 5 nitrogen and oxygen atoms in total. The summed E-state index contributed by atoms with van der Waals surface area (Å²) in [5, 5.41) is 2.19. The number of hydrogen-bond acceptors (Lipinski definition) is 3. The molecular weight excluding hydrogens is 264 g/mol. The first-order valence-corrected chi connectivity index (χ1v) is 7.92. The van der Waals surface area contributed by atoms with E-state index in [1.54, 1.807) is 35.2 Å². The third-order valence-electron chi connectivity index (χ3n) is 3.27. The fourth-order valence-corrected chi connectivity index (χ4v) is 3.94. The van der Waals surface area contributed by atoms with Gasteiger partial charge in [0.15, 0.2) is 9.84 Å². The van der Waals surface area contributed by atoms with Crippen molar-refractivity contribution in [1.29, 1.82) is 0 Å². The fourth-order valence-electron chi connectivity index (χ4n) is 2.23. The SMILES string of the molecule is CCNC(=O)N1CC[C@@H](S(=O)(=O)c2ccccc2)C1. The maximum absolute atomic E-state index is 12.4. The maximum Gasteiger partial charge on any atom is 0.317 e. The largest absolute Gasteiger partial charge is 0.338 e. The zero-order chi connectivity index (χ0) is 13.9. The highest BCUT2D eigenvalue weighted by atomic mass is 32.2. The van der Waals surface area contributed by atoms with Gasteiger partial charge in [0.25, 0.3) is 0 Å². The lowest BCUT2D eigenvalue weighted by molar-refractivity contribution is 0.209. The molecule has 6 heteroatoms. The average Bonchev–Trinajstić information content (AvgIpc) is 2.90. The molecule has 1 heterocycles. The van der Waals surface area contributed by atoms with Gasteiger partial charge in [0, 0.05) is 19.6 Å². The number of nitrogens with zero attached hydrogens (tertiary/aromatic N) is 1. The van der Waals surface area contributed by atoms with Gasteiger partial charge in [-0.2, -0.15) is 0 Å². The molecule has 1 aliphatic rings. The smallest absolute Gasteiger partial charge is 0.317 e. The first kappa shape index (κ1) is 13.9. The van der Waals surface area contributed by atoms with Crippen LogP contribution >= 0.6 is 0 Å². The van der Waals surface area contributed by atoms with E-state index in [1.165, 1.54) is 0 Å². The molecule has 0 unspecified atom stereocenters. The number of sulfone groups is 1. The summed E-state index contributed by atoms with van der Waals surface area (Å²) in [5.41, 5.74) is 0. The van der Waals surface area contributed by atoms with Gasteiger partial charge in [0.1, 0.15) is 0 Å². The van der Waals surface area contributed by atoms with E-state index in [4.69, 9.17) is 0 Å². The van der Waals surface area contributed by atoms with Crippen molar-refractivity contribution in [1.82, 2.24) is 10.2 Å². The third-order valence-corrected chi connectivity index (χ3v) is 5.46. The van der Waals surface area contributed by atoms with Crippen LogP contribution in [0.25, 0.3) is 0 Å². The van der Waals surface area contributed by atoms with Crippen LogP contribution in [-0.4, -0.2) is 44.2 Å². The Balaban J connectivity index is 2.11. The molecule has 2 amide bonds. The highest BCUT2D eigenvalue weighted by molar-refractivity contribution is 7.92. The van der Waals surface area contributed by atoms with Gasteiger partial charge < -0.3 is 10.2 Å². The number of rotatable bonds is 3. The average molecular weight is 282 g/mol. The summed E-state index contributed by atoms with van der Waals surface area (Å²) in [6.45, 7) is 3.14. The van der Waals surface area contributed by atoms with Crippen LogP contribution in [0.2, 0.25) is 0 Å². The van der Waals surface area contributed by atoms with E-state index in [0.29, 0.717) is 24.4 Å². The first-order valence-electron chi connectivity index (χ1n) is 6.37. The van der Waals surface area contributed by atoms with Crippen molar-refractivity contribution in [2.24, 2.45) is 0 Å². The van der Waals surface area contributed by atoms with Crippen molar-refractivity contribution < 1.29 is 13.2 Å². The van der Waals surface area contributed by atoms with Gasteiger partial charge in [-0.1, -0.05) is 18.2 Å². The van der Waals surface area contributed by atoms with Crippen LogP contribution in [-0.2, 0) is 9.84 Å². The summed E-state index contributed by atoms with van der Waals surface area (Å²) >= 11 is 0. The molecule has 19 heavy (non-hydrogen) atoms. The van der Waals surface area contributed by atoms with E-state index in [1.807, 2.05) is 6.92 Å². The molecule has 1 atom stereocenters. The Kier molecular flexibility index (Phi) is 4.09. The second kappa shape index (κ2) is 5.61. The van der Waals surface area contributed by atoms with Gasteiger partial charge in [0.05, 0.1) is 10.1 Å². The van der Waals surface area contributed by atoms with E-state index in [0.717, 1.165) is 0 Å². The Bertz CT molecular complexity index is 542. The number of carbonyl (C=O) groups is 1. The van der Waals surface area contributed by atoms with Gasteiger partial charge in [-0.15, -0.1) is 0 Å². The topological polar surface area (TPSA) is 66.5 Å². The number of likely N-dealkylation sites (tertiary alicyclic amines) is 1. The summed E-state index contributed by atoms with van der Waals surface area (Å²) in [4.78, 5) is 13.6. The molecule has 1 aliphatic heterocycles. The molecule has 1 saturated heterocycles. The van der Waals surface area contributed by atoms with E-state index >= 15 is 0 Å². The molecule has 0 spiro atoms. The molecule has 1 aromatic carbocycles. The number of amides is 2. The molecule has 0 aromatic heterocycles. The Morgan fingerprint density at radius 2 is 2.05 bits per heavy atom. The van der Waals surface area contributed by atoms with Gasteiger partial charge in [0.2, 0.25) is 0 Å². The van der Waals surface area contributed by atoms with Crippen molar-refractivity contribution in [3.63, 3.8) is 0 Å². The molecule has 2 rings (SSSR count). The summed E-state index contributed by atoms with van der Waals surface area (Å²) < 4.78 is 24.8. The highest BCUT2D eigenvalue weighted by Crippen LogP contribution is 2.23. The third kappa shape index (κ3) is 2.89. The second-order valence-electron chi connectivity index (χ2n) is 4.55. The Labute approximate surface area is 113 Å². The Morgan fingerprint density at radius 1 is 1.37 bits per heavy atom. The van der Waals surface area contributed by atoms with Gasteiger partial charge in [-0.25, -0.2) is 13.2 Å². The standard InChI is InChI=1S/C13H18N2O3S/c1-2-14-13(16)15-9-8-12(10-15)19(17,18)11-6-4-3-5-7-11/h3-7,12H,2,8-10H2,1H3,(H,14,16)/t12-/m1/s1. The minimum atomic E-state index is -3.34. The van der Waals surface area contributed by atoms with Crippen LogP contribution in [0.5, 0.6) is 0 Å². The molecule has 0 saturated carbocycles. The summed E-state index contributed by atoms with van der Waals surface area (Å²) in [6.07, 6.45) is 0.494. The molecular formula is C13H18N2O3S. The lowest BCUT2D eigenvalue weighted by atomic mass is 10.4. The van der Waals surface area contributed by atoms with E-state index in [2.05, 4.69) is 5.32 Å². The fraction of sp³-hybridized carbons (Fsp3) is 0.462. The number of hydrogen-bond donors (Lipinski definition) is 1. The molecule has 104 valence electrons. The van der Waals surface area contributed by atoms with Crippen LogP contribution in [0.4, 0.5) is 4.79 Å². The zero-order valence-corrected chi connectivity index (χ0v) is 11.7. The lowest BCUT2D eigenvalue weighted by Crippen LogP contribution is -2.39. The normalized spacial score (nSPS) is 19.4. The lowest BCUT2D eigenvalue weighted by Gasteiger charge is -2.16. The van der Waals surface area contributed by atoms with Crippen LogP contribution in [0.15, 0.2) is 35.2 Å². The number of carbonyl (C=O) groups excluding carboxylic acids is 1. The molecule has 1 fully saturated rings. The molecule has 1 aromatic rings. The van der Waals surface area contributed by atoms with Crippen molar-refractivity contribution in [2.75, 3.05) is 19.6 Å². The van der Waals surface area contributed by atoms with Crippen LogP contribution in [0.3, 0.4) is 0 Å². The second-order valence-corrected chi connectivity index (χ2v) is 6.78. The van der Waals surface area contributed by atoms with Crippen LogP contribution in [0.1, 0.15) is 13.3 Å². The quantitative estimate of drug-likeness (QED) is 0.907. The summed E-state index contributed by atoms with van der Waals surface area (Å²) in [6, 6.07) is 8.23. The van der Waals surface area contributed by atoms with E-state index < -0.39 is 15.1 Å².